The Kier molecular flexibility index (Phi) is 9.51. The Morgan fingerprint density at radius 2 is 1.48 bits per heavy atom. The summed E-state index contributed by atoms with van der Waals surface area (Å²) in [5.41, 5.74) is 2.79. The molecular weight excluding hydrogens is 398 g/mol. The van der Waals surface area contributed by atoms with Crippen molar-refractivity contribution < 1.29 is 4.79 Å². The molecule has 0 aliphatic heterocycles. The van der Waals surface area contributed by atoms with Crippen LogP contribution in [-0.4, -0.2) is 30.8 Å². The lowest BCUT2D eigenvalue weighted by molar-refractivity contribution is 0.103. The number of aryl methyl sites for hydroxylation is 1. The van der Waals surface area contributed by atoms with Gasteiger partial charge in [-0.15, -0.1) is 6.58 Å². The van der Waals surface area contributed by atoms with Crippen molar-refractivity contribution in [3.05, 3.63) is 82.3 Å². The standard InChI is InChI=1S/C24H30BrNO/c1-3-18-26(2)19-8-6-4-5-7-9-20-10-12-21(13-11-20)24(27)22-14-16-23(25)17-15-22/h3,10-17H,1,4-9,18-19H2,2H3. The summed E-state index contributed by atoms with van der Waals surface area (Å²) in [6, 6.07) is 15.6. The van der Waals surface area contributed by atoms with E-state index in [-0.39, 0.29) is 5.78 Å². The fourth-order valence-corrected chi connectivity index (χ4v) is 3.41. The van der Waals surface area contributed by atoms with Crippen molar-refractivity contribution in [2.45, 2.75) is 38.5 Å². The van der Waals surface area contributed by atoms with Gasteiger partial charge in [0.05, 0.1) is 0 Å². The van der Waals surface area contributed by atoms with Gasteiger partial charge in [0, 0.05) is 22.1 Å². The molecule has 0 bridgehead atoms. The summed E-state index contributed by atoms with van der Waals surface area (Å²) in [4.78, 5) is 14.8. The Bertz CT molecular complexity index is 706. The van der Waals surface area contributed by atoms with Gasteiger partial charge >= 0.3 is 0 Å². The van der Waals surface area contributed by atoms with Crippen LogP contribution in [0.5, 0.6) is 0 Å². The van der Waals surface area contributed by atoms with E-state index in [2.05, 4.69) is 46.6 Å². The van der Waals surface area contributed by atoms with Gasteiger partial charge in [-0.1, -0.05) is 65.5 Å². The zero-order chi connectivity index (χ0) is 19.5. The molecule has 144 valence electrons. The second kappa shape index (κ2) is 11.9. The highest BCUT2D eigenvalue weighted by Gasteiger charge is 2.08. The minimum atomic E-state index is 0.0791. The minimum absolute atomic E-state index is 0.0791. The van der Waals surface area contributed by atoms with E-state index in [0.29, 0.717) is 0 Å². The number of nitrogens with zero attached hydrogens (tertiary/aromatic N) is 1. The van der Waals surface area contributed by atoms with Crippen molar-refractivity contribution >= 4 is 21.7 Å². The number of carbonyl (C=O) groups is 1. The maximum atomic E-state index is 12.5. The molecule has 0 fully saturated rings. The van der Waals surface area contributed by atoms with Crippen LogP contribution in [0.4, 0.5) is 0 Å². The van der Waals surface area contributed by atoms with E-state index in [1.165, 1.54) is 37.7 Å². The normalized spacial score (nSPS) is 10.9. The van der Waals surface area contributed by atoms with Gasteiger partial charge in [-0.05, 0) is 62.7 Å². The molecule has 0 spiro atoms. The van der Waals surface area contributed by atoms with E-state index in [1.807, 2.05) is 42.5 Å². The number of ketones is 1. The van der Waals surface area contributed by atoms with Crippen LogP contribution in [0.25, 0.3) is 0 Å². The Balaban J connectivity index is 1.67. The first kappa shape index (κ1) is 21.6. The smallest absolute Gasteiger partial charge is 0.193 e. The van der Waals surface area contributed by atoms with Crippen LogP contribution in [-0.2, 0) is 6.42 Å². The fraction of sp³-hybridized carbons (Fsp3) is 0.375. The molecule has 0 aromatic heterocycles. The summed E-state index contributed by atoms with van der Waals surface area (Å²) in [5.74, 6) is 0.0791. The lowest BCUT2D eigenvalue weighted by atomic mass is 10.00. The molecule has 0 amide bonds. The molecule has 0 radical (unpaired) electrons. The van der Waals surface area contributed by atoms with Gasteiger partial charge < -0.3 is 4.90 Å². The van der Waals surface area contributed by atoms with E-state index in [0.717, 1.165) is 35.1 Å². The fourth-order valence-electron chi connectivity index (χ4n) is 3.14. The van der Waals surface area contributed by atoms with Crippen molar-refractivity contribution in [2.75, 3.05) is 20.1 Å². The van der Waals surface area contributed by atoms with Crippen LogP contribution in [0.2, 0.25) is 0 Å². The maximum absolute atomic E-state index is 12.5. The summed E-state index contributed by atoms with van der Waals surface area (Å²) in [7, 11) is 2.15. The molecule has 0 aliphatic rings. The quantitative estimate of drug-likeness (QED) is 0.225. The number of hydrogen-bond acceptors (Lipinski definition) is 2. The number of carbonyl (C=O) groups excluding carboxylic acids is 1. The molecule has 0 saturated heterocycles. The number of unbranched alkanes of at least 4 members (excludes halogenated alkanes) is 4. The first-order valence-electron chi connectivity index (χ1n) is 9.79. The molecule has 2 aromatic rings. The van der Waals surface area contributed by atoms with E-state index in [1.54, 1.807) is 0 Å². The van der Waals surface area contributed by atoms with Crippen molar-refractivity contribution in [3.63, 3.8) is 0 Å². The summed E-state index contributed by atoms with van der Waals surface area (Å²) >= 11 is 3.40. The molecule has 0 heterocycles. The number of rotatable bonds is 12. The third-order valence-corrected chi connectivity index (χ3v) is 5.30. The van der Waals surface area contributed by atoms with Crippen LogP contribution in [0.15, 0.2) is 65.7 Å². The Morgan fingerprint density at radius 1 is 0.926 bits per heavy atom. The predicted molar refractivity (Wildman–Crippen MR) is 118 cm³/mol. The van der Waals surface area contributed by atoms with E-state index in [9.17, 15) is 4.79 Å². The lowest BCUT2D eigenvalue weighted by Gasteiger charge is -2.13. The second-order valence-corrected chi connectivity index (χ2v) is 8.02. The monoisotopic (exact) mass is 427 g/mol. The second-order valence-electron chi connectivity index (χ2n) is 7.10. The largest absolute Gasteiger partial charge is 0.303 e. The first-order chi connectivity index (χ1) is 13.1. The molecule has 0 aliphatic carbocycles. The Morgan fingerprint density at radius 3 is 2.11 bits per heavy atom. The maximum Gasteiger partial charge on any atom is 0.193 e. The Labute approximate surface area is 172 Å². The molecule has 0 unspecified atom stereocenters. The van der Waals surface area contributed by atoms with E-state index in [4.69, 9.17) is 0 Å². The molecule has 0 saturated carbocycles. The number of likely N-dealkylation sites (N-methyl/N-ethyl adjacent to an activating group) is 1. The molecule has 3 heteroatoms. The third kappa shape index (κ3) is 7.82. The van der Waals surface area contributed by atoms with Crippen LogP contribution < -0.4 is 0 Å². The molecule has 2 aromatic carbocycles. The van der Waals surface area contributed by atoms with Crippen LogP contribution in [0.1, 0.15) is 53.6 Å². The molecule has 27 heavy (non-hydrogen) atoms. The van der Waals surface area contributed by atoms with Gasteiger partial charge in [0.2, 0.25) is 0 Å². The van der Waals surface area contributed by atoms with Crippen molar-refractivity contribution in [1.82, 2.24) is 4.90 Å². The van der Waals surface area contributed by atoms with E-state index < -0.39 is 0 Å². The van der Waals surface area contributed by atoms with Crippen molar-refractivity contribution in [1.29, 1.82) is 0 Å². The van der Waals surface area contributed by atoms with Crippen LogP contribution >= 0.6 is 15.9 Å². The number of hydrogen-bond donors (Lipinski definition) is 0. The third-order valence-electron chi connectivity index (χ3n) is 4.77. The number of benzene rings is 2. The summed E-state index contributed by atoms with van der Waals surface area (Å²) in [5, 5.41) is 0. The van der Waals surface area contributed by atoms with Gasteiger partial charge in [0.1, 0.15) is 0 Å². The van der Waals surface area contributed by atoms with Gasteiger partial charge in [-0.25, -0.2) is 0 Å². The zero-order valence-corrected chi connectivity index (χ0v) is 17.9. The minimum Gasteiger partial charge on any atom is -0.303 e. The van der Waals surface area contributed by atoms with Crippen molar-refractivity contribution in [3.8, 4) is 0 Å². The summed E-state index contributed by atoms with van der Waals surface area (Å²) in [6.45, 7) is 5.89. The molecule has 0 N–H and O–H groups in total. The SMILES string of the molecule is C=CCN(C)CCCCCCCc1ccc(C(=O)c2ccc(Br)cc2)cc1. The molecular formula is C24H30BrNO. The highest BCUT2D eigenvalue weighted by molar-refractivity contribution is 9.10. The summed E-state index contributed by atoms with van der Waals surface area (Å²) < 4.78 is 0.984. The summed E-state index contributed by atoms with van der Waals surface area (Å²) in [6.07, 6.45) is 9.37. The number of halogens is 1. The average molecular weight is 428 g/mol. The molecule has 2 nitrogen and oxygen atoms in total. The van der Waals surface area contributed by atoms with Gasteiger partial charge in [-0.2, -0.15) is 0 Å². The van der Waals surface area contributed by atoms with Crippen LogP contribution in [0, 0.1) is 0 Å². The van der Waals surface area contributed by atoms with E-state index >= 15 is 0 Å². The average Bonchev–Trinajstić information content (AvgIpc) is 2.68. The van der Waals surface area contributed by atoms with Gasteiger partial charge in [0.15, 0.2) is 5.78 Å². The van der Waals surface area contributed by atoms with Crippen molar-refractivity contribution in [2.24, 2.45) is 0 Å². The highest BCUT2D eigenvalue weighted by Crippen LogP contribution is 2.16. The van der Waals surface area contributed by atoms with Crippen LogP contribution in [0.3, 0.4) is 0 Å². The first-order valence-corrected chi connectivity index (χ1v) is 10.6. The topological polar surface area (TPSA) is 20.3 Å². The predicted octanol–water partition coefficient (Wildman–Crippen LogP) is 6.29. The highest BCUT2D eigenvalue weighted by atomic mass is 79.9. The Hall–Kier alpha value is -1.71. The van der Waals surface area contributed by atoms with Gasteiger partial charge in [-0.3, -0.25) is 4.79 Å². The zero-order valence-electron chi connectivity index (χ0n) is 16.3. The lowest BCUT2D eigenvalue weighted by Crippen LogP contribution is -2.19. The van der Waals surface area contributed by atoms with Gasteiger partial charge in [0.25, 0.3) is 0 Å². The molecule has 2 rings (SSSR count). The molecule has 0 atom stereocenters.